The van der Waals surface area contributed by atoms with Gasteiger partial charge < -0.3 is 15.5 Å². The number of anilines is 1. The van der Waals surface area contributed by atoms with Crippen molar-refractivity contribution in [2.45, 2.75) is 13.0 Å². The first-order chi connectivity index (χ1) is 8.36. The molecule has 0 heterocycles. The van der Waals surface area contributed by atoms with Crippen molar-refractivity contribution in [3.8, 4) is 0 Å². The maximum atomic E-state index is 10.9. The molecule has 0 aliphatic carbocycles. The van der Waals surface area contributed by atoms with E-state index in [9.17, 15) is 14.9 Å². The van der Waals surface area contributed by atoms with Gasteiger partial charge in [0, 0.05) is 16.6 Å². The average Bonchev–Trinajstić information content (AvgIpc) is 2.30. The zero-order valence-corrected chi connectivity index (χ0v) is 11.0. The summed E-state index contributed by atoms with van der Waals surface area (Å²) in [5, 5.41) is 31.4. The van der Waals surface area contributed by atoms with Crippen molar-refractivity contribution in [3.05, 3.63) is 32.3 Å². The van der Waals surface area contributed by atoms with Crippen molar-refractivity contribution in [1.29, 1.82) is 0 Å². The predicted molar refractivity (Wildman–Crippen MR) is 67.9 cm³/mol. The fourth-order valence-corrected chi connectivity index (χ4v) is 1.86. The molecular weight excluding hydrogens is 308 g/mol. The fourth-order valence-electron chi connectivity index (χ4n) is 1.29. The van der Waals surface area contributed by atoms with Crippen LogP contribution < -0.4 is 5.32 Å². The highest BCUT2D eigenvalue weighted by Gasteiger charge is 2.22. The summed E-state index contributed by atoms with van der Waals surface area (Å²) in [5.41, 5.74) is -0.399. The SMILES string of the molecule is C[C@H](CO)Nc1c(Br)cc(C(=O)O)cc1[N+](=O)[O-]. The number of carbonyl (C=O) groups is 1. The third-order valence-electron chi connectivity index (χ3n) is 2.18. The fraction of sp³-hybridized carbons (Fsp3) is 0.300. The standard InChI is InChI=1S/C10H11BrN2O5/c1-5(4-14)12-9-7(11)2-6(10(15)16)3-8(9)13(17)18/h2-3,5,12,14H,4H2,1H3,(H,15,16)/t5-/m1/s1. The van der Waals surface area contributed by atoms with Gasteiger partial charge in [-0.3, -0.25) is 10.1 Å². The molecule has 0 saturated heterocycles. The van der Waals surface area contributed by atoms with E-state index in [2.05, 4.69) is 21.2 Å². The van der Waals surface area contributed by atoms with Crippen molar-refractivity contribution in [3.63, 3.8) is 0 Å². The third-order valence-corrected chi connectivity index (χ3v) is 2.80. The Morgan fingerprint density at radius 3 is 2.67 bits per heavy atom. The Hall–Kier alpha value is -1.67. The van der Waals surface area contributed by atoms with Gasteiger partial charge in [-0.25, -0.2) is 4.79 Å². The average molecular weight is 319 g/mol. The second-order valence-corrected chi connectivity index (χ2v) is 4.50. The van der Waals surface area contributed by atoms with E-state index in [1.165, 1.54) is 6.07 Å². The van der Waals surface area contributed by atoms with Crippen molar-refractivity contribution < 1.29 is 19.9 Å². The van der Waals surface area contributed by atoms with Gasteiger partial charge in [-0.05, 0) is 28.9 Å². The number of nitrogens with zero attached hydrogens (tertiary/aromatic N) is 1. The van der Waals surface area contributed by atoms with Crippen LogP contribution in [0.4, 0.5) is 11.4 Å². The lowest BCUT2D eigenvalue weighted by atomic mass is 10.1. The molecule has 0 bridgehead atoms. The minimum Gasteiger partial charge on any atom is -0.478 e. The van der Waals surface area contributed by atoms with Crippen LogP contribution in [0.25, 0.3) is 0 Å². The van der Waals surface area contributed by atoms with Gasteiger partial charge in [0.25, 0.3) is 5.69 Å². The van der Waals surface area contributed by atoms with Crippen molar-refractivity contribution in [1.82, 2.24) is 0 Å². The van der Waals surface area contributed by atoms with E-state index in [4.69, 9.17) is 10.2 Å². The molecule has 1 rings (SSSR count). The zero-order valence-electron chi connectivity index (χ0n) is 9.38. The number of halogens is 1. The highest BCUT2D eigenvalue weighted by Crippen LogP contribution is 2.34. The molecule has 0 spiro atoms. The van der Waals surface area contributed by atoms with Gasteiger partial charge in [0.15, 0.2) is 0 Å². The Morgan fingerprint density at radius 2 is 2.22 bits per heavy atom. The van der Waals surface area contributed by atoms with Crippen LogP contribution >= 0.6 is 15.9 Å². The number of nitrogens with one attached hydrogen (secondary N) is 1. The smallest absolute Gasteiger partial charge is 0.335 e. The maximum absolute atomic E-state index is 10.9. The second-order valence-electron chi connectivity index (χ2n) is 3.64. The summed E-state index contributed by atoms with van der Waals surface area (Å²) in [6.07, 6.45) is 0. The molecule has 8 heteroatoms. The van der Waals surface area contributed by atoms with Gasteiger partial charge in [-0.15, -0.1) is 0 Å². The Kier molecular flexibility index (Phi) is 4.62. The van der Waals surface area contributed by atoms with Gasteiger partial charge in [0.1, 0.15) is 5.69 Å². The number of aliphatic hydroxyl groups is 1. The van der Waals surface area contributed by atoms with Gasteiger partial charge >= 0.3 is 5.97 Å². The number of aromatic carboxylic acids is 1. The van der Waals surface area contributed by atoms with E-state index in [-0.39, 0.29) is 28.0 Å². The van der Waals surface area contributed by atoms with Crippen LogP contribution in [0.2, 0.25) is 0 Å². The number of nitro groups is 1. The van der Waals surface area contributed by atoms with Gasteiger partial charge in [-0.1, -0.05) is 0 Å². The summed E-state index contributed by atoms with van der Waals surface area (Å²) < 4.78 is 0.259. The molecule has 0 amide bonds. The number of benzene rings is 1. The molecule has 98 valence electrons. The van der Waals surface area contributed by atoms with E-state index >= 15 is 0 Å². The first kappa shape index (κ1) is 14.4. The summed E-state index contributed by atoms with van der Waals surface area (Å²) in [6, 6.07) is 1.84. The molecule has 3 N–H and O–H groups in total. The number of nitro benzene ring substituents is 1. The van der Waals surface area contributed by atoms with Crippen LogP contribution in [0, 0.1) is 10.1 Å². The van der Waals surface area contributed by atoms with E-state index in [0.29, 0.717) is 0 Å². The molecule has 0 aliphatic heterocycles. The summed E-state index contributed by atoms with van der Waals surface area (Å²) in [4.78, 5) is 21.0. The number of rotatable bonds is 5. The summed E-state index contributed by atoms with van der Waals surface area (Å²) in [7, 11) is 0. The molecule has 0 radical (unpaired) electrons. The lowest BCUT2D eigenvalue weighted by Gasteiger charge is -2.14. The second kappa shape index (κ2) is 5.78. The van der Waals surface area contributed by atoms with Crippen LogP contribution in [0.5, 0.6) is 0 Å². The Morgan fingerprint density at radius 1 is 1.61 bits per heavy atom. The summed E-state index contributed by atoms with van der Waals surface area (Å²) in [6.45, 7) is 1.44. The number of hydrogen-bond acceptors (Lipinski definition) is 5. The largest absolute Gasteiger partial charge is 0.478 e. The number of hydrogen-bond donors (Lipinski definition) is 3. The van der Waals surface area contributed by atoms with Crippen LogP contribution in [0.3, 0.4) is 0 Å². The lowest BCUT2D eigenvalue weighted by molar-refractivity contribution is -0.384. The van der Waals surface area contributed by atoms with E-state index < -0.39 is 16.9 Å². The topological polar surface area (TPSA) is 113 Å². The Bertz CT molecular complexity index is 491. The van der Waals surface area contributed by atoms with Crippen LogP contribution in [-0.2, 0) is 0 Å². The molecule has 0 aromatic heterocycles. The molecule has 1 atom stereocenters. The summed E-state index contributed by atoms with van der Waals surface area (Å²) >= 11 is 3.08. The van der Waals surface area contributed by atoms with Crippen LogP contribution in [-0.4, -0.2) is 33.8 Å². The molecule has 1 aromatic rings. The van der Waals surface area contributed by atoms with Crippen molar-refractivity contribution in [2.75, 3.05) is 11.9 Å². The molecule has 1 aromatic carbocycles. The molecule has 7 nitrogen and oxygen atoms in total. The normalized spacial score (nSPS) is 11.9. The monoisotopic (exact) mass is 318 g/mol. The number of aliphatic hydroxyl groups excluding tert-OH is 1. The molecule has 18 heavy (non-hydrogen) atoms. The maximum Gasteiger partial charge on any atom is 0.335 e. The summed E-state index contributed by atoms with van der Waals surface area (Å²) in [5.74, 6) is -1.25. The Balaban J connectivity index is 3.31. The quantitative estimate of drug-likeness (QED) is 0.564. The minimum atomic E-state index is -1.25. The molecule has 0 saturated carbocycles. The van der Waals surface area contributed by atoms with E-state index in [0.717, 1.165) is 6.07 Å². The van der Waals surface area contributed by atoms with Crippen LogP contribution in [0.15, 0.2) is 16.6 Å². The molecular formula is C10H11BrN2O5. The van der Waals surface area contributed by atoms with Gasteiger partial charge in [0.2, 0.25) is 0 Å². The number of carboxylic acids is 1. The molecule has 0 aliphatic rings. The number of carboxylic acid groups (broad SMARTS) is 1. The minimum absolute atomic E-state index is 0.145. The van der Waals surface area contributed by atoms with Crippen molar-refractivity contribution in [2.24, 2.45) is 0 Å². The Labute approximate surface area is 111 Å². The molecule has 0 unspecified atom stereocenters. The lowest BCUT2D eigenvalue weighted by Crippen LogP contribution is -2.20. The highest BCUT2D eigenvalue weighted by molar-refractivity contribution is 9.10. The van der Waals surface area contributed by atoms with Crippen LogP contribution in [0.1, 0.15) is 17.3 Å². The predicted octanol–water partition coefficient (Wildman–Crippen LogP) is 1.85. The third kappa shape index (κ3) is 3.17. The van der Waals surface area contributed by atoms with E-state index in [1.54, 1.807) is 6.92 Å². The van der Waals surface area contributed by atoms with E-state index in [1.807, 2.05) is 0 Å². The first-order valence-corrected chi connectivity index (χ1v) is 5.74. The zero-order chi connectivity index (χ0) is 13.9. The van der Waals surface area contributed by atoms with Gasteiger partial charge in [-0.2, -0.15) is 0 Å². The molecule has 0 fully saturated rings. The first-order valence-electron chi connectivity index (χ1n) is 4.95. The highest BCUT2D eigenvalue weighted by atomic mass is 79.9. The van der Waals surface area contributed by atoms with Crippen molar-refractivity contribution >= 4 is 33.3 Å². The van der Waals surface area contributed by atoms with Gasteiger partial charge in [0.05, 0.1) is 17.1 Å².